The van der Waals surface area contributed by atoms with Gasteiger partial charge in [0.25, 0.3) is 0 Å². The molecule has 0 saturated heterocycles. The first-order chi connectivity index (χ1) is 7.59. The molecule has 2 rings (SSSR count). The highest BCUT2D eigenvalue weighted by atomic mass is 35.5. The fourth-order valence-electron chi connectivity index (χ4n) is 1.20. The van der Waals surface area contributed by atoms with Crippen molar-refractivity contribution in [2.75, 3.05) is 0 Å². The molecule has 1 N–H and O–H groups in total. The molecule has 0 aliphatic rings. The molecule has 0 unspecified atom stereocenters. The van der Waals surface area contributed by atoms with Crippen LogP contribution in [0, 0.1) is 6.92 Å². The van der Waals surface area contributed by atoms with E-state index in [0.29, 0.717) is 16.5 Å². The Morgan fingerprint density at radius 3 is 2.81 bits per heavy atom. The number of hydrogen-bond acceptors (Lipinski definition) is 4. The van der Waals surface area contributed by atoms with E-state index in [1.54, 1.807) is 19.1 Å². The van der Waals surface area contributed by atoms with E-state index < -0.39 is 5.97 Å². The van der Waals surface area contributed by atoms with Gasteiger partial charge in [0.1, 0.15) is 0 Å². The third-order valence-corrected chi connectivity index (χ3v) is 2.21. The molecule has 82 valence electrons. The van der Waals surface area contributed by atoms with E-state index in [0.717, 1.165) is 4.80 Å². The van der Waals surface area contributed by atoms with E-state index in [-0.39, 0.29) is 5.69 Å². The topological polar surface area (TPSA) is 80.9 Å². The molecule has 0 aliphatic heterocycles. The molecule has 0 atom stereocenters. The number of carbonyl (C=O) groups is 1. The first kappa shape index (κ1) is 10.6. The number of nitrogens with zero attached hydrogens (tertiary/aromatic N) is 4. The van der Waals surface area contributed by atoms with Crippen LogP contribution in [0.25, 0.3) is 5.82 Å². The molecule has 6 nitrogen and oxygen atoms in total. The Bertz CT molecular complexity index is 552. The fourth-order valence-corrected chi connectivity index (χ4v) is 1.39. The van der Waals surface area contributed by atoms with Crippen LogP contribution < -0.4 is 0 Å². The third kappa shape index (κ3) is 1.74. The molecule has 2 heterocycles. The van der Waals surface area contributed by atoms with Crippen molar-refractivity contribution in [1.29, 1.82) is 0 Å². The molecule has 0 aromatic carbocycles. The first-order valence-corrected chi connectivity index (χ1v) is 4.75. The van der Waals surface area contributed by atoms with Crippen LogP contribution in [-0.2, 0) is 0 Å². The molecule has 16 heavy (non-hydrogen) atoms. The minimum absolute atomic E-state index is 0.110. The molecule has 2 aromatic rings. The molecular weight excluding hydrogens is 232 g/mol. The number of carboxylic acid groups (broad SMARTS) is 1. The average Bonchev–Trinajstić information content (AvgIpc) is 2.61. The van der Waals surface area contributed by atoms with Crippen LogP contribution in [-0.4, -0.2) is 31.1 Å². The quantitative estimate of drug-likeness (QED) is 0.853. The summed E-state index contributed by atoms with van der Waals surface area (Å²) >= 11 is 5.89. The molecule has 0 amide bonds. The molecule has 0 aliphatic carbocycles. The molecule has 0 fully saturated rings. The molecule has 0 bridgehead atoms. The minimum Gasteiger partial charge on any atom is -0.476 e. The van der Waals surface area contributed by atoms with E-state index in [2.05, 4.69) is 15.2 Å². The summed E-state index contributed by atoms with van der Waals surface area (Å²) in [5, 5.41) is 16.9. The van der Waals surface area contributed by atoms with Crippen LogP contribution in [0.5, 0.6) is 0 Å². The number of pyridine rings is 1. The van der Waals surface area contributed by atoms with E-state index in [1.807, 2.05) is 0 Å². The van der Waals surface area contributed by atoms with Gasteiger partial charge in [-0.05, 0) is 19.1 Å². The van der Waals surface area contributed by atoms with Gasteiger partial charge in [0.2, 0.25) is 0 Å². The Labute approximate surface area is 95.5 Å². The van der Waals surface area contributed by atoms with Gasteiger partial charge >= 0.3 is 5.97 Å². The number of halogens is 1. The highest BCUT2D eigenvalue weighted by molar-refractivity contribution is 6.32. The van der Waals surface area contributed by atoms with Crippen molar-refractivity contribution < 1.29 is 9.90 Å². The maximum absolute atomic E-state index is 10.8. The molecule has 7 heteroatoms. The van der Waals surface area contributed by atoms with Crippen molar-refractivity contribution in [3.8, 4) is 5.82 Å². The Hall–Kier alpha value is -1.95. The van der Waals surface area contributed by atoms with Crippen molar-refractivity contribution in [3.63, 3.8) is 0 Å². The summed E-state index contributed by atoms with van der Waals surface area (Å²) < 4.78 is 0. The van der Waals surface area contributed by atoms with E-state index >= 15 is 0 Å². The number of aromatic nitrogens is 4. The smallest absolute Gasteiger partial charge is 0.358 e. The summed E-state index contributed by atoms with van der Waals surface area (Å²) in [5.41, 5.74) is 0.205. The summed E-state index contributed by atoms with van der Waals surface area (Å²) in [5.74, 6) is -0.824. The standard InChI is InChI=1S/C9H7ClN4O2/c1-5-7(9(15)16)13-14(12-5)8-6(10)3-2-4-11-8/h2-4H,1H3,(H,15,16). The van der Waals surface area contributed by atoms with Gasteiger partial charge in [-0.15, -0.1) is 9.90 Å². The number of rotatable bonds is 2. The summed E-state index contributed by atoms with van der Waals surface area (Å²) in [7, 11) is 0. The molecule has 0 saturated carbocycles. The van der Waals surface area contributed by atoms with Crippen molar-refractivity contribution in [3.05, 3.63) is 34.7 Å². The molecule has 0 radical (unpaired) electrons. The predicted molar refractivity (Wildman–Crippen MR) is 55.9 cm³/mol. The largest absolute Gasteiger partial charge is 0.476 e. The zero-order valence-electron chi connectivity index (χ0n) is 8.25. The van der Waals surface area contributed by atoms with Crippen LogP contribution in [0.3, 0.4) is 0 Å². The first-order valence-electron chi connectivity index (χ1n) is 4.37. The SMILES string of the molecule is Cc1nn(-c2ncccc2Cl)nc1C(=O)O. The zero-order valence-corrected chi connectivity index (χ0v) is 9.01. The number of hydrogen-bond donors (Lipinski definition) is 1. The van der Waals surface area contributed by atoms with Gasteiger partial charge in [-0.1, -0.05) is 11.6 Å². The number of aryl methyl sites for hydroxylation is 1. The van der Waals surface area contributed by atoms with Gasteiger partial charge in [-0.2, -0.15) is 5.10 Å². The molecular formula is C9H7ClN4O2. The maximum Gasteiger partial charge on any atom is 0.358 e. The highest BCUT2D eigenvalue weighted by Gasteiger charge is 2.16. The lowest BCUT2D eigenvalue weighted by molar-refractivity contribution is 0.0689. The van der Waals surface area contributed by atoms with Crippen molar-refractivity contribution in [1.82, 2.24) is 20.0 Å². The van der Waals surface area contributed by atoms with Gasteiger partial charge in [0.05, 0.1) is 10.7 Å². The maximum atomic E-state index is 10.8. The second-order valence-electron chi connectivity index (χ2n) is 3.04. The summed E-state index contributed by atoms with van der Waals surface area (Å²) in [6.07, 6.45) is 1.53. The predicted octanol–water partition coefficient (Wildman–Crippen LogP) is 1.32. The van der Waals surface area contributed by atoms with E-state index in [1.165, 1.54) is 6.20 Å². The van der Waals surface area contributed by atoms with Crippen molar-refractivity contribution in [2.45, 2.75) is 6.92 Å². The van der Waals surface area contributed by atoms with Gasteiger partial charge in [-0.3, -0.25) is 0 Å². The van der Waals surface area contributed by atoms with E-state index in [4.69, 9.17) is 16.7 Å². The minimum atomic E-state index is -1.13. The van der Waals surface area contributed by atoms with Gasteiger partial charge < -0.3 is 5.11 Å². The van der Waals surface area contributed by atoms with Crippen LogP contribution in [0.4, 0.5) is 0 Å². The van der Waals surface area contributed by atoms with Crippen LogP contribution in [0.15, 0.2) is 18.3 Å². The fraction of sp³-hybridized carbons (Fsp3) is 0.111. The molecule has 2 aromatic heterocycles. The van der Waals surface area contributed by atoms with Crippen LogP contribution in [0.1, 0.15) is 16.2 Å². The Morgan fingerprint density at radius 2 is 2.25 bits per heavy atom. The van der Waals surface area contributed by atoms with Crippen LogP contribution >= 0.6 is 11.6 Å². The number of aromatic carboxylic acids is 1. The Kier molecular flexibility index (Phi) is 2.57. The van der Waals surface area contributed by atoms with E-state index in [9.17, 15) is 4.79 Å². The zero-order chi connectivity index (χ0) is 11.7. The summed E-state index contributed by atoms with van der Waals surface area (Å²) in [6, 6.07) is 3.29. The third-order valence-electron chi connectivity index (χ3n) is 1.91. The lowest BCUT2D eigenvalue weighted by Gasteiger charge is -1.99. The van der Waals surface area contributed by atoms with Crippen molar-refractivity contribution in [2.24, 2.45) is 0 Å². The number of carboxylic acids is 1. The van der Waals surface area contributed by atoms with Gasteiger partial charge in [-0.25, -0.2) is 9.78 Å². The highest BCUT2D eigenvalue weighted by Crippen LogP contribution is 2.16. The lowest BCUT2D eigenvalue weighted by Crippen LogP contribution is -2.04. The van der Waals surface area contributed by atoms with Gasteiger partial charge in [0, 0.05) is 6.20 Å². The van der Waals surface area contributed by atoms with Crippen molar-refractivity contribution >= 4 is 17.6 Å². The summed E-state index contributed by atoms with van der Waals surface area (Å²) in [4.78, 5) is 15.9. The average molecular weight is 239 g/mol. The summed E-state index contributed by atoms with van der Waals surface area (Å²) in [6.45, 7) is 1.56. The second kappa shape index (κ2) is 3.90. The Balaban J connectivity index is 2.54. The van der Waals surface area contributed by atoms with Crippen LogP contribution in [0.2, 0.25) is 5.02 Å². The molecule has 0 spiro atoms. The van der Waals surface area contributed by atoms with Gasteiger partial charge in [0.15, 0.2) is 11.5 Å². The monoisotopic (exact) mass is 238 g/mol. The second-order valence-corrected chi connectivity index (χ2v) is 3.44. The Morgan fingerprint density at radius 1 is 1.50 bits per heavy atom. The normalized spacial score (nSPS) is 10.4. The lowest BCUT2D eigenvalue weighted by atomic mass is 10.4.